The molecule has 0 aliphatic rings. The summed E-state index contributed by atoms with van der Waals surface area (Å²) in [4.78, 5) is 37.0. The molecule has 0 bridgehead atoms. The minimum absolute atomic E-state index is 0.00285. The standard InChI is InChI=1S/C45H80NO8P/c1-5-7-9-11-13-15-17-19-21-22-24-26-28-30-32-34-36-38-45(48)54-43(42-53-55(49,50)52-40-39-46(3)4)41-51-44(47)37-35-33-31-29-27-25-23-20-18-16-14-12-10-8-6-2/h13-16,19-21,23,27,29,43H,5-12,17-18,22,24-26,28,30-42H2,1-4H3,(H,49,50)/b15-13-,16-14-,21-19-,23-20-,29-27-. The van der Waals surface area contributed by atoms with Gasteiger partial charge in [-0.05, 0) is 97.6 Å². The lowest BCUT2D eigenvalue weighted by molar-refractivity contribution is -0.161. The van der Waals surface area contributed by atoms with Crippen LogP contribution >= 0.6 is 7.82 Å². The predicted molar refractivity (Wildman–Crippen MR) is 229 cm³/mol. The summed E-state index contributed by atoms with van der Waals surface area (Å²) in [6.07, 6.45) is 45.5. The van der Waals surface area contributed by atoms with Gasteiger partial charge in [-0.2, -0.15) is 0 Å². The summed E-state index contributed by atoms with van der Waals surface area (Å²) in [5, 5.41) is 0. The van der Waals surface area contributed by atoms with E-state index in [1.807, 2.05) is 19.0 Å². The number of hydrogen-bond acceptors (Lipinski definition) is 8. The first kappa shape index (κ1) is 52.7. The lowest BCUT2D eigenvalue weighted by atomic mass is 10.1. The number of hydrogen-bond donors (Lipinski definition) is 1. The van der Waals surface area contributed by atoms with E-state index in [4.69, 9.17) is 18.5 Å². The van der Waals surface area contributed by atoms with Crippen LogP contribution < -0.4 is 0 Å². The molecule has 1 N–H and O–H groups in total. The maximum Gasteiger partial charge on any atom is 0.472 e. The Morgan fingerprint density at radius 3 is 1.49 bits per heavy atom. The van der Waals surface area contributed by atoms with Gasteiger partial charge < -0.3 is 19.3 Å². The number of phosphoric acid groups is 1. The van der Waals surface area contributed by atoms with E-state index < -0.39 is 32.5 Å². The van der Waals surface area contributed by atoms with Crippen molar-refractivity contribution >= 4 is 19.8 Å². The molecule has 0 aromatic heterocycles. The number of nitrogens with zero attached hydrogens (tertiary/aromatic N) is 1. The van der Waals surface area contributed by atoms with Gasteiger partial charge in [0.1, 0.15) is 6.61 Å². The molecule has 0 aromatic carbocycles. The van der Waals surface area contributed by atoms with Crippen LogP contribution in [-0.4, -0.2) is 68.3 Å². The molecule has 55 heavy (non-hydrogen) atoms. The number of phosphoric ester groups is 1. The first-order chi connectivity index (χ1) is 26.7. The van der Waals surface area contributed by atoms with Crippen LogP contribution in [0, 0.1) is 0 Å². The molecule has 0 saturated carbocycles. The maximum atomic E-state index is 12.6. The van der Waals surface area contributed by atoms with Crippen LogP contribution in [0.4, 0.5) is 0 Å². The van der Waals surface area contributed by atoms with E-state index in [1.54, 1.807) is 0 Å². The third-order valence-electron chi connectivity index (χ3n) is 8.80. The fourth-order valence-corrected chi connectivity index (χ4v) is 6.17. The fourth-order valence-electron chi connectivity index (χ4n) is 5.43. The van der Waals surface area contributed by atoms with Gasteiger partial charge in [-0.3, -0.25) is 18.6 Å². The molecule has 0 saturated heterocycles. The quantitative estimate of drug-likeness (QED) is 0.0281. The minimum Gasteiger partial charge on any atom is -0.462 e. The monoisotopic (exact) mass is 794 g/mol. The van der Waals surface area contributed by atoms with Crippen LogP contribution in [-0.2, 0) is 32.7 Å². The fraction of sp³-hybridized carbons (Fsp3) is 0.733. The lowest BCUT2D eigenvalue weighted by Gasteiger charge is -2.20. The Morgan fingerprint density at radius 2 is 0.982 bits per heavy atom. The van der Waals surface area contributed by atoms with Crippen LogP contribution in [0.2, 0.25) is 0 Å². The molecule has 2 unspecified atom stereocenters. The summed E-state index contributed by atoms with van der Waals surface area (Å²) in [5.74, 6) is -0.861. The molecule has 318 valence electrons. The zero-order valence-corrected chi connectivity index (χ0v) is 36.2. The van der Waals surface area contributed by atoms with Crippen molar-refractivity contribution in [2.75, 3.05) is 40.5 Å². The SMILES string of the molecule is CCCCC/C=C\C/C=C\C/C=C\CCCCC(=O)OCC(COP(=O)(O)OCCN(C)C)OC(=O)CCCCCCCCC/C=C\C/C=C\CCCCC. The van der Waals surface area contributed by atoms with Crippen molar-refractivity contribution in [2.24, 2.45) is 0 Å². The van der Waals surface area contributed by atoms with Gasteiger partial charge in [-0.1, -0.05) is 132 Å². The van der Waals surface area contributed by atoms with E-state index in [-0.39, 0.29) is 26.1 Å². The highest BCUT2D eigenvalue weighted by atomic mass is 31.2. The predicted octanol–water partition coefficient (Wildman–Crippen LogP) is 12.3. The first-order valence-electron chi connectivity index (χ1n) is 21.6. The minimum atomic E-state index is -4.37. The number of allylic oxidation sites excluding steroid dienone is 10. The van der Waals surface area contributed by atoms with E-state index in [0.717, 1.165) is 64.2 Å². The van der Waals surface area contributed by atoms with Crippen molar-refractivity contribution in [2.45, 2.75) is 174 Å². The van der Waals surface area contributed by atoms with Crippen LogP contribution in [0.25, 0.3) is 0 Å². The average molecular weight is 794 g/mol. The topological polar surface area (TPSA) is 112 Å². The van der Waals surface area contributed by atoms with Crippen LogP contribution in [0.3, 0.4) is 0 Å². The second kappa shape index (κ2) is 39.9. The van der Waals surface area contributed by atoms with E-state index in [2.05, 4.69) is 74.6 Å². The summed E-state index contributed by atoms with van der Waals surface area (Å²) >= 11 is 0. The average Bonchev–Trinajstić information content (AvgIpc) is 3.15. The summed E-state index contributed by atoms with van der Waals surface area (Å²) in [7, 11) is -0.738. The molecule has 10 heteroatoms. The molecule has 0 heterocycles. The van der Waals surface area contributed by atoms with Crippen LogP contribution in [0.1, 0.15) is 168 Å². The molecule has 0 radical (unpaired) electrons. The third kappa shape index (κ3) is 41.2. The highest BCUT2D eigenvalue weighted by Gasteiger charge is 2.26. The molecule has 9 nitrogen and oxygen atoms in total. The second-order valence-corrected chi connectivity index (χ2v) is 16.0. The van der Waals surface area contributed by atoms with Gasteiger partial charge in [-0.15, -0.1) is 0 Å². The Balaban J connectivity index is 4.38. The Labute approximate surface area is 336 Å². The summed E-state index contributed by atoms with van der Waals surface area (Å²) in [6.45, 7) is 4.20. The molecule has 2 atom stereocenters. The smallest absolute Gasteiger partial charge is 0.462 e. The van der Waals surface area contributed by atoms with E-state index in [0.29, 0.717) is 19.4 Å². The molecular formula is C45H80NO8P. The number of esters is 2. The van der Waals surface area contributed by atoms with Crippen molar-refractivity contribution < 1.29 is 37.6 Å². The lowest BCUT2D eigenvalue weighted by Crippen LogP contribution is -2.29. The molecule has 0 spiro atoms. The van der Waals surface area contributed by atoms with Gasteiger partial charge in [-0.25, -0.2) is 4.57 Å². The van der Waals surface area contributed by atoms with Gasteiger partial charge in [0.05, 0.1) is 13.2 Å². The Morgan fingerprint density at radius 1 is 0.564 bits per heavy atom. The molecule has 0 aliphatic heterocycles. The van der Waals surface area contributed by atoms with Gasteiger partial charge in [0.15, 0.2) is 6.10 Å². The highest BCUT2D eigenvalue weighted by Crippen LogP contribution is 2.43. The number of likely N-dealkylation sites (N-methyl/N-ethyl adjacent to an activating group) is 1. The number of unbranched alkanes of at least 4 members (excludes halogenated alkanes) is 15. The third-order valence-corrected chi connectivity index (χ3v) is 9.78. The van der Waals surface area contributed by atoms with Crippen molar-refractivity contribution in [3.8, 4) is 0 Å². The van der Waals surface area contributed by atoms with Crippen LogP contribution in [0.5, 0.6) is 0 Å². The van der Waals surface area contributed by atoms with Gasteiger partial charge in [0.2, 0.25) is 0 Å². The maximum absolute atomic E-state index is 12.6. The second-order valence-electron chi connectivity index (χ2n) is 14.5. The molecule has 0 fully saturated rings. The van der Waals surface area contributed by atoms with E-state index in [9.17, 15) is 19.0 Å². The molecular weight excluding hydrogens is 713 g/mol. The van der Waals surface area contributed by atoms with Gasteiger partial charge in [0, 0.05) is 19.4 Å². The first-order valence-corrected chi connectivity index (χ1v) is 23.1. The molecule has 0 rings (SSSR count). The van der Waals surface area contributed by atoms with Crippen molar-refractivity contribution in [3.63, 3.8) is 0 Å². The zero-order chi connectivity index (χ0) is 40.5. The van der Waals surface area contributed by atoms with E-state index in [1.165, 1.54) is 64.2 Å². The summed E-state index contributed by atoms with van der Waals surface area (Å²) in [6, 6.07) is 0. The number of carbonyl (C=O) groups excluding carboxylic acids is 2. The van der Waals surface area contributed by atoms with Gasteiger partial charge in [0.25, 0.3) is 0 Å². The largest absolute Gasteiger partial charge is 0.472 e. The highest BCUT2D eigenvalue weighted by molar-refractivity contribution is 7.47. The zero-order valence-electron chi connectivity index (χ0n) is 35.3. The Kier molecular flexibility index (Phi) is 38.3. The molecule has 0 aromatic rings. The van der Waals surface area contributed by atoms with Crippen molar-refractivity contribution in [1.29, 1.82) is 0 Å². The summed E-state index contributed by atoms with van der Waals surface area (Å²) in [5.41, 5.74) is 0. The van der Waals surface area contributed by atoms with Crippen molar-refractivity contribution in [1.82, 2.24) is 4.90 Å². The molecule has 0 aliphatic carbocycles. The number of ether oxygens (including phenoxy) is 2. The normalized spacial score (nSPS) is 14.0. The Bertz CT molecular complexity index is 1100. The Hall–Kier alpha value is -2.29. The number of carbonyl (C=O) groups is 2. The van der Waals surface area contributed by atoms with Crippen molar-refractivity contribution in [3.05, 3.63) is 60.8 Å². The van der Waals surface area contributed by atoms with E-state index >= 15 is 0 Å². The summed E-state index contributed by atoms with van der Waals surface area (Å²) < 4.78 is 33.4. The van der Waals surface area contributed by atoms with Crippen LogP contribution in [0.15, 0.2) is 60.8 Å². The molecule has 0 amide bonds. The number of rotatable bonds is 39. The van der Waals surface area contributed by atoms with Gasteiger partial charge >= 0.3 is 19.8 Å².